The van der Waals surface area contributed by atoms with E-state index >= 15 is 0 Å². The summed E-state index contributed by atoms with van der Waals surface area (Å²) in [5, 5.41) is 4.14. The second-order valence-corrected chi connectivity index (χ2v) is 9.69. The molecule has 8 heteroatoms. The Morgan fingerprint density at radius 3 is 2.75 bits per heavy atom. The Morgan fingerprint density at radius 1 is 1.11 bits per heavy atom. The normalized spacial score (nSPS) is 19.1. The predicted octanol–water partition coefficient (Wildman–Crippen LogP) is 2.66. The van der Waals surface area contributed by atoms with Crippen LogP contribution in [0.25, 0.3) is 0 Å². The van der Waals surface area contributed by atoms with Crippen LogP contribution in [0.4, 0.5) is 5.69 Å². The van der Waals surface area contributed by atoms with Crippen molar-refractivity contribution >= 4 is 28.4 Å². The SMILES string of the molecule is [O-][S+](NCCN1CCCC1)c1ccc(Oc2cccc(N3CCNCC3)c2)s1. The van der Waals surface area contributed by atoms with E-state index < -0.39 is 11.4 Å². The second-order valence-electron chi connectivity index (χ2n) is 7.12. The first kappa shape index (κ1) is 20.0. The van der Waals surface area contributed by atoms with Crippen molar-refractivity contribution in [3.8, 4) is 10.8 Å². The number of hydrogen-bond donors (Lipinski definition) is 2. The fourth-order valence-corrected chi connectivity index (χ4v) is 5.56. The van der Waals surface area contributed by atoms with E-state index in [-0.39, 0.29) is 0 Å². The number of hydrogen-bond acceptors (Lipinski definition) is 7. The van der Waals surface area contributed by atoms with Gasteiger partial charge in [0.05, 0.1) is 17.9 Å². The van der Waals surface area contributed by atoms with E-state index in [0.29, 0.717) is 0 Å². The van der Waals surface area contributed by atoms with Gasteiger partial charge in [0.2, 0.25) is 4.21 Å². The molecule has 0 radical (unpaired) electrons. The van der Waals surface area contributed by atoms with Gasteiger partial charge in [-0.05, 0) is 55.5 Å². The first-order valence-electron chi connectivity index (χ1n) is 9.99. The van der Waals surface area contributed by atoms with Crippen LogP contribution in [-0.2, 0) is 11.4 Å². The molecule has 2 aliphatic heterocycles. The van der Waals surface area contributed by atoms with Gasteiger partial charge < -0.3 is 24.4 Å². The van der Waals surface area contributed by atoms with E-state index in [4.69, 9.17) is 4.74 Å². The van der Waals surface area contributed by atoms with Gasteiger partial charge >= 0.3 is 0 Å². The summed E-state index contributed by atoms with van der Waals surface area (Å²) in [6.07, 6.45) is 2.56. The fraction of sp³-hybridized carbons (Fsp3) is 0.500. The molecule has 0 spiro atoms. The minimum atomic E-state index is -1.18. The number of nitrogens with one attached hydrogen (secondary N) is 2. The molecule has 1 atom stereocenters. The lowest BCUT2D eigenvalue weighted by molar-refractivity contribution is 0.344. The molecule has 1 aromatic carbocycles. The van der Waals surface area contributed by atoms with Gasteiger partial charge in [-0.2, -0.15) is 0 Å². The van der Waals surface area contributed by atoms with Crippen molar-refractivity contribution in [3.05, 3.63) is 36.4 Å². The smallest absolute Gasteiger partial charge is 0.231 e. The first-order chi connectivity index (χ1) is 13.8. The number of ether oxygens (including phenoxy) is 1. The van der Waals surface area contributed by atoms with Gasteiger partial charge in [0.15, 0.2) is 5.06 Å². The van der Waals surface area contributed by atoms with Crippen LogP contribution in [0.15, 0.2) is 40.6 Å². The van der Waals surface area contributed by atoms with Gasteiger partial charge in [-0.25, -0.2) is 0 Å². The molecule has 1 unspecified atom stereocenters. The summed E-state index contributed by atoms with van der Waals surface area (Å²) >= 11 is 0.256. The molecule has 28 heavy (non-hydrogen) atoms. The van der Waals surface area contributed by atoms with Gasteiger partial charge in [0, 0.05) is 50.5 Å². The van der Waals surface area contributed by atoms with Crippen LogP contribution in [0, 0.1) is 0 Å². The Kier molecular flexibility index (Phi) is 7.11. The maximum atomic E-state index is 12.5. The quantitative estimate of drug-likeness (QED) is 0.640. The molecular formula is C20H28N4O2S2. The molecule has 2 aromatic rings. The van der Waals surface area contributed by atoms with Crippen molar-refractivity contribution in [1.82, 2.24) is 14.9 Å². The van der Waals surface area contributed by atoms with Crippen LogP contribution in [0.3, 0.4) is 0 Å². The average Bonchev–Trinajstić information content (AvgIpc) is 3.41. The third-order valence-corrected chi connectivity index (χ3v) is 7.55. The molecule has 2 fully saturated rings. The van der Waals surface area contributed by atoms with Crippen molar-refractivity contribution in [2.75, 3.05) is 57.3 Å². The molecule has 152 valence electrons. The van der Waals surface area contributed by atoms with E-state index in [1.54, 1.807) is 0 Å². The third-order valence-electron chi connectivity index (χ3n) is 5.12. The number of likely N-dealkylation sites (tertiary alicyclic amines) is 1. The lowest BCUT2D eigenvalue weighted by Crippen LogP contribution is -2.43. The summed E-state index contributed by atoms with van der Waals surface area (Å²) in [7, 11) is 0. The molecule has 1 aromatic heterocycles. The zero-order valence-electron chi connectivity index (χ0n) is 16.1. The average molecular weight is 421 g/mol. The zero-order chi connectivity index (χ0) is 19.2. The van der Waals surface area contributed by atoms with Crippen LogP contribution in [0.2, 0.25) is 0 Å². The number of rotatable bonds is 8. The lowest BCUT2D eigenvalue weighted by Gasteiger charge is -2.29. The van der Waals surface area contributed by atoms with Gasteiger partial charge in [-0.3, -0.25) is 0 Å². The van der Waals surface area contributed by atoms with Gasteiger partial charge in [0.1, 0.15) is 5.75 Å². The molecular weight excluding hydrogens is 392 g/mol. The molecule has 0 bridgehead atoms. The van der Waals surface area contributed by atoms with E-state index in [0.717, 1.165) is 67.4 Å². The Labute approximate surface area is 174 Å². The van der Waals surface area contributed by atoms with Crippen LogP contribution in [0.5, 0.6) is 10.8 Å². The predicted molar refractivity (Wildman–Crippen MR) is 116 cm³/mol. The Balaban J connectivity index is 1.30. The fourth-order valence-electron chi connectivity index (χ4n) is 3.61. The molecule has 6 nitrogen and oxygen atoms in total. The van der Waals surface area contributed by atoms with Crippen molar-refractivity contribution in [1.29, 1.82) is 0 Å². The van der Waals surface area contributed by atoms with Crippen LogP contribution in [-0.4, -0.2) is 61.8 Å². The van der Waals surface area contributed by atoms with Crippen LogP contribution >= 0.6 is 11.3 Å². The highest BCUT2D eigenvalue weighted by Gasteiger charge is 2.17. The molecule has 2 aliphatic rings. The van der Waals surface area contributed by atoms with Crippen LogP contribution < -0.4 is 19.7 Å². The van der Waals surface area contributed by atoms with Crippen LogP contribution in [0.1, 0.15) is 12.8 Å². The number of thiophene rings is 1. The summed E-state index contributed by atoms with van der Waals surface area (Å²) in [4.78, 5) is 4.78. The minimum Gasteiger partial charge on any atom is -0.592 e. The lowest BCUT2D eigenvalue weighted by atomic mass is 10.2. The summed E-state index contributed by atoms with van der Waals surface area (Å²) in [6.45, 7) is 8.07. The number of piperazine rings is 1. The molecule has 0 saturated carbocycles. The minimum absolute atomic E-state index is 0.743. The third kappa shape index (κ3) is 5.40. The summed E-state index contributed by atoms with van der Waals surface area (Å²) in [6, 6.07) is 12.0. The van der Waals surface area contributed by atoms with E-state index in [1.165, 1.54) is 29.9 Å². The van der Waals surface area contributed by atoms with E-state index in [1.807, 2.05) is 24.3 Å². The van der Waals surface area contributed by atoms with Crippen molar-refractivity contribution < 1.29 is 9.29 Å². The first-order valence-corrected chi connectivity index (χ1v) is 12.0. The number of benzene rings is 1. The topological polar surface area (TPSA) is 62.8 Å². The standard InChI is InChI=1S/C20H28N4O2S2/c25-28(22-10-13-23-11-1-2-12-23)20-7-6-19(27-20)26-18-5-3-4-17(16-18)24-14-8-21-9-15-24/h3-7,16,21-22H,1-2,8-15H2. The molecule has 2 N–H and O–H groups in total. The van der Waals surface area contributed by atoms with Crippen molar-refractivity contribution in [2.24, 2.45) is 0 Å². The summed E-state index contributed by atoms with van der Waals surface area (Å²) < 4.78 is 22.4. The largest absolute Gasteiger partial charge is 0.592 e. The molecule has 0 amide bonds. The Hall–Kier alpha value is -1.29. The highest BCUT2D eigenvalue weighted by atomic mass is 32.2. The maximum Gasteiger partial charge on any atom is 0.231 e. The Morgan fingerprint density at radius 2 is 1.93 bits per heavy atom. The molecule has 4 rings (SSSR count). The molecule has 3 heterocycles. The number of anilines is 1. The molecule has 0 aliphatic carbocycles. The highest BCUT2D eigenvalue weighted by Crippen LogP contribution is 2.33. The van der Waals surface area contributed by atoms with Crippen molar-refractivity contribution in [2.45, 2.75) is 17.1 Å². The number of nitrogens with zero attached hydrogens (tertiary/aromatic N) is 2. The summed E-state index contributed by atoms with van der Waals surface area (Å²) in [5.74, 6) is 0.817. The van der Waals surface area contributed by atoms with Gasteiger partial charge in [-0.15, -0.1) is 4.72 Å². The van der Waals surface area contributed by atoms with Crippen molar-refractivity contribution in [3.63, 3.8) is 0 Å². The Bertz CT molecular complexity index is 745. The van der Waals surface area contributed by atoms with Gasteiger partial charge in [-0.1, -0.05) is 6.07 Å². The van der Waals surface area contributed by atoms with Gasteiger partial charge in [0.25, 0.3) is 0 Å². The summed E-state index contributed by atoms with van der Waals surface area (Å²) in [5.41, 5.74) is 1.18. The second kappa shape index (κ2) is 9.96. The van der Waals surface area contributed by atoms with E-state index in [2.05, 4.69) is 32.0 Å². The molecule has 2 saturated heterocycles. The van der Waals surface area contributed by atoms with E-state index in [9.17, 15) is 4.55 Å². The zero-order valence-corrected chi connectivity index (χ0v) is 17.7. The highest BCUT2D eigenvalue weighted by molar-refractivity contribution is 7.91. The maximum absolute atomic E-state index is 12.5. The monoisotopic (exact) mass is 420 g/mol.